The van der Waals surface area contributed by atoms with E-state index in [1.807, 2.05) is 0 Å². The predicted molar refractivity (Wildman–Crippen MR) is 73.3 cm³/mol. The van der Waals surface area contributed by atoms with Crippen LogP contribution in [-0.4, -0.2) is 22.2 Å². The van der Waals surface area contributed by atoms with Gasteiger partial charge in [-0.3, -0.25) is 14.9 Å². The lowest BCUT2D eigenvalue weighted by Gasteiger charge is -2.00. The molecule has 0 saturated heterocycles. The number of nitro benzene ring substituents is 1. The van der Waals surface area contributed by atoms with E-state index >= 15 is 0 Å². The van der Waals surface area contributed by atoms with Crippen molar-refractivity contribution in [3.63, 3.8) is 0 Å². The summed E-state index contributed by atoms with van der Waals surface area (Å²) in [6, 6.07) is 4.99. The fourth-order valence-corrected chi connectivity index (χ4v) is 1.60. The summed E-state index contributed by atoms with van der Waals surface area (Å²) < 4.78 is 4.98. The quantitative estimate of drug-likeness (QED) is 0.506. The van der Waals surface area contributed by atoms with Crippen molar-refractivity contribution in [2.24, 2.45) is 5.10 Å². The summed E-state index contributed by atoms with van der Waals surface area (Å²) >= 11 is 0. The van der Waals surface area contributed by atoms with Gasteiger partial charge in [0, 0.05) is 17.7 Å². The third-order valence-corrected chi connectivity index (χ3v) is 2.70. The number of benzene rings is 1. The van der Waals surface area contributed by atoms with Crippen LogP contribution in [0, 0.1) is 17.0 Å². The van der Waals surface area contributed by atoms with E-state index in [-0.39, 0.29) is 17.0 Å². The fraction of sp³-hybridized carbons (Fsp3) is 0.0769. The number of nitro groups is 1. The topological polar surface area (TPSA) is 118 Å². The molecule has 0 spiro atoms. The number of aromatic hydroxyl groups is 1. The number of amides is 1. The molecule has 108 valence electrons. The number of hydrogen-bond donors (Lipinski definition) is 2. The van der Waals surface area contributed by atoms with Crippen LogP contribution in [0.4, 0.5) is 5.69 Å². The molecule has 2 aromatic rings. The summed E-state index contributed by atoms with van der Waals surface area (Å²) in [5.41, 5.74) is 2.50. The second-order valence-electron chi connectivity index (χ2n) is 4.09. The first-order valence-electron chi connectivity index (χ1n) is 5.84. The Balaban J connectivity index is 2.11. The molecule has 0 aliphatic carbocycles. The highest BCUT2D eigenvalue weighted by Gasteiger charge is 2.11. The lowest BCUT2D eigenvalue weighted by atomic mass is 10.2. The number of non-ortho nitro benzene ring substituents is 1. The molecule has 1 amide bonds. The van der Waals surface area contributed by atoms with Crippen molar-refractivity contribution >= 4 is 17.8 Å². The molecular formula is C13H11N3O5. The molecule has 8 heteroatoms. The molecule has 21 heavy (non-hydrogen) atoms. The van der Waals surface area contributed by atoms with Crippen LogP contribution in [-0.2, 0) is 0 Å². The van der Waals surface area contributed by atoms with Crippen LogP contribution in [0.2, 0.25) is 0 Å². The van der Waals surface area contributed by atoms with Crippen LogP contribution in [0.25, 0.3) is 0 Å². The van der Waals surface area contributed by atoms with Gasteiger partial charge in [0.2, 0.25) is 0 Å². The summed E-state index contributed by atoms with van der Waals surface area (Å²) in [5, 5.41) is 23.9. The maximum atomic E-state index is 11.7. The second-order valence-corrected chi connectivity index (χ2v) is 4.09. The minimum atomic E-state index is -0.593. The van der Waals surface area contributed by atoms with E-state index in [0.717, 1.165) is 12.3 Å². The third kappa shape index (κ3) is 3.24. The number of rotatable bonds is 4. The number of carbonyl (C=O) groups excluding carboxylic acids is 1. The molecule has 8 nitrogen and oxygen atoms in total. The molecule has 0 bridgehead atoms. The number of phenolic OH excluding ortho intramolecular Hbond substituents is 1. The Morgan fingerprint density at radius 1 is 1.48 bits per heavy atom. The van der Waals surface area contributed by atoms with Gasteiger partial charge in [0.1, 0.15) is 11.5 Å². The Labute approximate surface area is 118 Å². The minimum Gasteiger partial charge on any atom is -0.507 e. The molecule has 1 aromatic heterocycles. The van der Waals surface area contributed by atoms with Crippen LogP contribution in [0.3, 0.4) is 0 Å². The van der Waals surface area contributed by atoms with Crippen LogP contribution >= 0.6 is 0 Å². The Kier molecular flexibility index (Phi) is 3.98. The monoisotopic (exact) mass is 289 g/mol. The highest BCUT2D eigenvalue weighted by molar-refractivity contribution is 5.95. The van der Waals surface area contributed by atoms with Crippen LogP contribution in [0.1, 0.15) is 21.7 Å². The predicted octanol–water partition coefficient (Wildman–Crippen LogP) is 1.97. The summed E-state index contributed by atoms with van der Waals surface area (Å²) in [7, 11) is 0. The summed E-state index contributed by atoms with van der Waals surface area (Å²) in [6.07, 6.45) is 2.50. The number of carbonyl (C=O) groups is 1. The van der Waals surface area contributed by atoms with Gasteiger partial charge in [-0.2, -0.15) is 5.10 Å². The first kappa shape index (κ1) is 14.3. The average molecular weight is 289 g/mol. The number of hydrazone groups is 1. The van der Waals surface area contributed by atoms with Gasteiger partial charge in [0.05, 0.1) is 23.0 Å². The molecule has 1 aromatic carbocycles. The number of nitrogens with one attached hydrogen (secondary N) is 1. The van der Waals surface area contributed by atoms with Crippen molar-refractivity contribution in [2.75, 3.05) is 0 Å². The van der Waals surface area contributed by atoms with Gasteiger partial charge in [-0.15, -0.1) is 0 Å². The van der Waals surface area contributed by atoms with Crippen molar-refractivity contribution in [1.82, 2.24) is 5.43 Å². The molecule has 0 aliphatic heterocycles. The maximum absolute atomic E-state index is 11.7. The standard InChI is InChI=1S/C13H11N3O5/c1-8-11(4-5-21-8)13(18)15-14-7-9-6-10(16(19)20)2-3-12(9)17/h2-7,17H,1H3,(H,15,18)/b14-7+. The highest BCUT2D eigenvalue weighted by Crippen LogP contribution is 2.21. The molecule has 0 saturated carbocycles. The van der Waals surface area contributed by atoms with Gasteiger partial charge in [0.15, 0.2) is 0 Å². The smallest absolute Gasteiger partial charge is 0.274 e. The number of nitrogens with zero attached hydrogens (tertiary/aromatic N) is 2. The normalized spacial score (nSPS) is 10.7. The SMILES string of the molecule is Cc1occc1C(=O)N/N=C/c1cc([N+](=O)[O-])ccc1O. The Hall–Kier alpha value is -3.16. The molecule has 0 atom stereocenters. The highest BCUT2D eigenvalue weighted by atomic mass is 16.6. The van der Waals surface area contributed by atoms with Gasteiger partial charge in [0.25, 0.3) is 11.6 Å². The second kappa shape index (κ2) is 5.87. The van der Waals surface area contributed by atoms with E-state index < -0.39 is 10.8 Å². The Morgan fingerprint density at radius 2 is 2.24 bits per heavy atom. The lowest BCUT2D eigenvalue weighted by Crippen LogP contribution is -2.17. The van der Waals surface area contributed by atoms with E-state index in [4.69, 9.17) is 4.42 Å². The third-order valence-electron chi connectivity index (χ3n) is 2.70. The molecular weight excluding hydrogens is 278 g/mol. The summed E-state index contributed by atoms with van der Waals surface area (Å²) in [6.45, 7) is 1.63. The van der Waals surface area contributed by atoms with Gasteiger partial charge >= 0.3 is 0 Å². The summed E-state index contributed by atoms with van der Waals surface area (Å²) in [4.78, 5) is 21.8. The van der Waals surface area contributed by atoms with Crippen LogP contribution in [0.5, 0.6) is 5.75 Å². The Morgan fingerprint density at radius 3 is 2.86 bits per heavy atom. The van der Waals surface area contributed by atoms with E-state index in [1.165, 1.54) is 24.5 Å². The molecule has 0 aliphatic rings. The number of hydrogen-bond acceptors (Lipinski definition) is 6. The zero-order chi connectivity index (χ0) is 15.4. The van der Waals surface area contributed by atoms with Crippen molar-refractivity contribution < 1.29 is 19.2 Å². The zero-order valence-electron chi connectivity index (χ0n) is 10.9. The van der Waals surface area contributed by atoms with Crippen molar-refractivity contribution in [2.45, 2.75) is 6.92 Å². The number of phenols is 1. The van der Waals surface area contributed by atoms with Crippen LogP contribution in [0.15, 0.2) is 40.0 Å². The molecule has 0 unspecified atom stereocenters. The van der Waals surface area contributed by atoms with Gasteiger partial charge < -0.3 is 9.52 Å². The molecule has 1 heterocycles. The minimum absolute atomic E-state index is 0.119. The number of furan rings is 1. The van der Waals surface area contributed by atoms with Crippen LogP contribution < -0.4 is 5.43 Å². The van der Waals surface area contributed by atoms with E-state index in [2.05, 4.69) is 10.5 Å². The Bertz CT molecular complexity index is 720. The average Bonchev–Trinajstić information content (AvgIpc) is 2.86. The van der Waals surface area contributed by atoms with Crippen molar-refractivity contribution in [1.29, 1.82) is 0 Å². The van der Waals surface area contributed by atoms with E-state index in [1.54, 1.807) is 6.92 Å². The van der Waals surface area contributed by atoms with Gasteiger partial charge in [-0.25, -0.2) is 5.43 Å². The molecule has 2 N–H and O–H groups in total. The van der Waals surface area contributed by atoms with Crippen molar-refractivity contribution in [3.05, 3.63) is 57.5 Å². The largest absolute Gasteiger partial charge is 0.507 e. The molecule has 0 radical (unpaired) electrons. The van der Waals surface area contributed by atoms with Gasteiger partial charge in [-0.05, 0) is 19.1 Å². The number of aryl methyl sites for hydroxylation is 1. The molecule has 0 fully saturated rings. The first-order valence-corrected chi connectivity index (χ1v) is 5.84. The summed E-state index contributed by atoms with van der Waals surface area (Å²) in [5.74, 6) is -0.221. The molecule has 2 rings (SSSR count). The van der Waals surface area contributed by atoms with E-state index in [0.29, 0.717) is 11.3 Å². The van der Waals surface area contributed by atoms with E-state index in [9.17, 15) is 20.0 Å². The van der Waals surface area contributed by atoms with Gasteiger partial charge in [-0.1, -0.05) is 0 Å². The lowest BCUT2D eigenvalue weighted by molar-refractivity contribution is -0.384. The van der Waals surface area contributed by atoms with Crippen molar-refractivity contribution in [3.8, 4) is 5.75 Å². The zero-order valence-corrected chi connectivity index (χ0v) is 10.9. The first-order chi connectivity index (χ1) is 9.99. The maximum Gasteiger partial charge on any atom is 0.274 e. The fourth-order valence-electron chi connectivity index (χ4n) is 1.60.